The van der Waals surface area contributed by atoms with Crippen molar-refractivity contribution in [2.75, 3.05) is 0 Å². The fourth-order valence-corrected chi connectivity index (χ4v) is 3.07. The van der Waals surface area contributed by atoms with Crippen molar-refractivity contribution in [1.82, 2.24) is 0 Å². The lowest BCUT2D eigenvalue weighted by Crippen LogP contribution is -2.40. The van der Waals surface area contributed by atoms with Crippen LogP contribution in [0.4, 0.5) is 0 Å². The van der Waals surface area contributed by atoms with Crippen LogP contribution in [0.1, 0.15) is 28.3 Å². The first-order chi connectivity index (χ1) is 11.1. The standard InChI is InChI=1S/C21H21NO/c1-16-10-8-9-15-19(16)20(22)21(23,17-11-4-2-5-12-17)18-13-6-3-7-14-18/h2-15,20,23H,22H2,1H3. The van der Waals surface area contributed by atoms with Crippen LogP contribution < -0.4 is 5.73 Å². The van der Waals surface area contributed by atoms with Gasteiger partial charge in [0.1, 0.15) is 5.60 Å². The van der Waals surface area contributed by atoms with Crippen molar-refractivity contribution in [3.8, 4) is 0 Å². The van der Waals surface area contributed by atoms with Crippen molar-refractivity contribution in [3.63, 3.8) is 0 Å². The Kier molecular flexibility index (Phi) is 4.28. The molecule has 0 saturated heterocycles. The smallest absolute Gasteiger partial charge is 0.134 e. The average molecular weight is 303 g/mol. The minimum atomic E-state index is -1.28. The highest BCUT2D eigenvalue weighted by Gasteiger charge is 2.39. The first kappa shape index (κ1) is 15.5. The Morgan fingerprint density at radius 1 is 0.739 bits per heavy atom. The summed E-state index contributed by atoms with van der Waals surface area (Å²) in [6.45, 7) is 2.02. The van der Waals surface area contributed by atoms with Gasteiger partial charge in [-0.2, -0.15) is 0 Å². The molecule has 1 atom stereocenters. The molecule has 0 aliphatic heterocycles. The second kappa shape index (κ2) is 6.37. The summed E-state index contributed by atoms with van der Waals surface area (Å²) in [5.41, 5.74) is 8.91. The molecular weight excluding hydrogens is 282 g/mol. The molecule has 23 heavy (non-hydrogen) atoms. The Morgan fingerprint density at radius 3 is 1.65 bits per heavy atom. The average Bonchev–Trinajstić information content (AvgIpc) is 2.62. The summed E-state index contributed by atoms with van der Waals surface area (Å²) in [5, 5.41) is 11.7. The van der Waals surface area contributed by atoms with Gasteiger partial charge in [0.2, 0.25) is 0 Å². The molecule has 0 aliphatic carbocycles. The Balaban J connectivity index is 2.19. The number of aliphatic hydroxyl groups is 1. The van der Waals surface area contributed by atoms with Crippen molar-refractivity contribution in [2.24, 2.45) is 5.73 Å². The number of rotatable bonds is 4. The lowest BCUT2D eigenvalue weighted by atomic mass is 9.77. The molecule has 3 N–H and O–H groups in total. The van der Waals surface area contributed by atoms with E-state index in [-0.39, 0.29) is 0 Å². The SMILES string of the molecule is Cc1ccccc1C(N)C(O)(c1ccccc1)c1ccccc1. The first-order valence-corrected chi connectivity index (χ1v) is 7.78. The zero-order chi connectivity index (χ0) is 16.3. The Morgan fingerprint density at radius 2 is 1.17 bits per heavy atom. The maximum absolute atomic E-state index is 11.7. The van der Waals surface area contributed by atoms with Crippen LogP contribution in [0.15, 0.2) is 84.9 Å². The molecule has 0 radical (unpaired) electrons. The van der Waals surface area contributed by atoms with Crippen molar-refractivity contribution < 1.29 is 5.11 Å². The van der Waals surface area contributed by atoms with Crippen LogP contribution in [0.25, 0.3) is 0 Å². The zero-order valence-electron chi connectivity index (χ0n) is 13.2. The molecular formula is C21H21NO. The third-order valence-electron chi connectivity index (χ3n) is 4.40. The fraction of sp³-hybridized carbons (Fsp3) is 0.143. The van der Waals surface area contributed by atoms with Gasteiger partial charge in [-0.15, -0.1) is 0 Å². The van der Waals surface area contributed by atoms with E-state index < -0.39 is 11.6 Å². The van der Waals surface area contributed by atoms with E-state index >= 15 is 0 Å². The van der Waals surface area contributed by atoms with Crippen LogP contribution in [-0.2, 0) is 5.60 Å². The summed E-state index contributed by atoms with van der Waals surface area (Å²) in [6.07, 6.45) is 0. The molecule has 116 valence electrons. The van der Waals surface area contributed by atoms with Crippen molar-refractivity contribution >= 4 is 0 Å². The van der Waals surface area contributed by atoms with E-state index in [2.05, 4.69) is 0 Å². The Labute approximate surface area is 137 Å². The van der Waals surface area contributed by atoms with Gasteiger partial charge >= 0.3 is 0 Å². The van der Waals surface area contributed by atoms with Gasteiger partial charge < -0.3 is 10.8 Å². The fourth-order valence-electron chi connectivity index (χ4n) is 3.07. The molecule has 3 aromatic rings. The Bertz CT molecular complexity index is 729. The maximum atomic E-state index is 11.7. The highest BCUT2D eigenvalue weighted by molar-refractivity contribution is 5.42. The van der Waals surface area contributed by atoms with E-state index in [0.29, 0.717) is 0 Å². The van der Waals surface area contributed by atoms with Crippen molar-refractivity contribution in [2.45, 2.75) is 18.6 Å². The molecule has 0 aromatic heterocycles. The van der Waals surface area contributed by atoms with Crippen LogP contribution in [-0.4, -0.2) is 5.11 Å². The molecule has 0 spiro atoms. The summed E-state index contributed by atoms with van der Waals surface area (Å²) < 4.78 is 0. The molecule has 0 aliphatic rings. The third kappa shape index (κ3) is 2.79. The number of benzene rings is 3. The summed E-state index contributed by atoms with van der Waals surface area (Å²) in [5.74, 6) is 0. The van der Waals surface area contributed by atoms with Crippen LogP contribution in [0, 0.1) is 6.92 Å². The molecule has 3 rings (SSSR count). The Hall–Kier alpha value is -2.42. The minimum Gasteiger partial charge on any atom is -0.378 e. The van der Waals surface area contributed by atoms with Crippen LogP contribution in [0.5, 0.6) is 0 Å². The van der Waals surface area contributed by atoms with E-state index in [0.717, 1.165) is 22.3 Å². The van der Waals surface area contributed by atoms with Gasteiger partial charge in [-0.1, -0.05) is 84.9 Å². The second-order valence-electron chi connectivity index (χ2n) is 5.83. The minimum absolute atomic E-state index is 0.562. The molecule has 2 heteroatoms. The van der Waals surface area contributed by atoms with Gasteiger partial charge in [-0.05, 0) is 29.2 Å². The maximum Gasteiger partial charge on any atom is 0.134 e. The van der Waals surface area contributed by atoms with Crippen LogP contribution in [0.2, 0.25) is 0 Å². The lowest BCUT2D eigenvalue weighted by molar-refractivity contribution is 0.0510. The molecule has 2 nitrogen and oxygen atoms in total. The molecule has 0 bridgehead atoms. The van der Waals surface area contributed by atoms with Gasteiger partial charge in [0.25, 0.3) is 0 Å². The molecule has 0 fully saturated rings. The van der Waals surface area contributed by atoms with Gasteiger partial charge in [-0.3, -0.25) is 0 Å². The predicted octanol–water partition coefficient (Wildman–Crippen LogP) is 3.93. The van der Waals surface area contributed by atoms with Gasteiger partial charge in [0.05, 0.1) is 6.04 Å². The summed E-state index contributed by atoms with van der Waals surface area (Å²) in [6, 6.07) is 26.6. The normalized spacial score (nSPS) is 12.8. The van der Waals surface area contributed by atoms with E-state index in [1.165, 1.54) is 0 Å². The van der Waals surface area contributed by atoms with E-state index in [1.54, 1.807) is 0 Å². The number of nitrogens with two attached hydrogens (primary N) is 1. The number of hydrogen-bond donors (Lipinski definition) is 2. The van der Waals surface area contributed by atoms with Gasteiger partial charge in [0.15, 0.2) is 0 Å². The molecule has 3 aromatic carbocycles. The topological polar surface area (TPSA) is 46.2 Å². The van der Waals surface area contributed by atoms with Crippen molar-refractivity contribution in [3.05, 3.63) is 107 Å². The lowest BCUT2D eigenvalue weighted by Gasteiger charge is -2.36. The second-order valence-corrected chi connectivity index (χ2v) is 5.83. The molecule has 0 amide bonds. The number of aryl methyl sites for hydroxylation is 1. The zero-order valence-corrected chi connectivity index (χ0v) is 13.2. The summed E-state index contributed by atoms with van der Waals surface area (Å²) in [7, 11) is 0. The monoisotopic (exact) mass is 303 g/mol. The number of hydrogen-bond acceptors (Lipinski definition) is 2. The van der Waals surface area contributed by atoms with E-state index in [4.69, 9.17) is 5.73 Å². The van der Waals surface area contributed by atoms with E-state index in [9.17, 15) is 5.11 Å². The highest BCUT2D eigenvalue weighted by Crippen LogP contribution is 2.40. The predicted molar refractivity (Wildman–Crippen MR) is 94.0 cm³/mol. The van der Waals surface area contributed by atoms with Crippen LogP contribution in [0.3, 0.4) is 0 Å². The third-order valence-corrected chi connectivity index (χ3v) is 4.40. The van der Waals surface area contributed by atoms with Crippen molar-refractivity contribution in [1.29, 1.82) is 0 Å². The molecule has 1 unspecified atom stereocenters. The summed E-state index contributed by atoms with van der Waals surface area (Å²) in [4.78, 5) is 0. The summed E-state index contributed by atoms with van der Waals surface area (Å²) >= 11 is 0. The quantitative estimate of drug-likeness (QED) is 0.767. The van der Waals surface area contributed by atoms with E-state index in [1.807, 2.05) is 91.9 Å². The molecule has 0 saturated carbocycles. The molecule has 0 heterocycles. The first-order valence-electron chi connectivity index (χ1n) is 7.78. The van der Waals surface area contributed by atoms with Gasteiger partial charge in [-0.25, -0.2) is 0 Å². The largest absolute Gasteiger partial charge is 0.378 e. The highest BCUT2D eigenvalue weighted by atomic mass is 16.3. The van der Waals surface area contributed by atoms with Crippen LogP contribution >= 0.6 is 0 Å². The van der Waals surface area contributed by atoms with Gasteiger partial charge in [0, 0.05) is 0 Å².